The van der Waals surface area contributed by atoms with Crippen molar-refractivity contribution in [3.8, 4) is 0 Å². The molecule has 1 N–H and O–H groups in total. The number of nitro groups is 1. The second-order valence-corrected chi connectivity index (χ2v) is 8.09. The Labute approximate surface area is 162 Å². The van der Waals surface area contributed by atoms with Crippen LogP contribution in [0.5, 0.6) is 0 Å². The van der Waals surface area contributed by atoms with E-state index in [4.69, 9.17) is 4.74 Å². The molecule has 0 aliphatic rings. The van der Waals surface area contributed by atoms with Gasteiger partial charge in [-0.05, 0) is 36.2 Å². The molecule has 2 aromatic rings. The van der Waals surface area contributed by atoms with Gasteiger partial charge in [0.2, 0.25) is 10.0 Å². The largest absolute Gasteiger partial charge is 0.445 e. The van der Waals surface area contributed by atoms with Crippen LogP contribution in [0.15, 0.2) is 36.5 Å². The lowest BCUT2D eigenvalue weighted by molar-refractivity contribution is -0.384. The summed E-state index contributed by atoms with van der Waals surface area (Å²) in [5, 5.41) is 13.2. The van der Waals surface area contributed by atoms with Gasteiger partial charge in [0, 0.05) is 37.5 Å². The summed E-state index contributed by atoms with van der Waals surface area (Å²) in [5.41, 5.74) is 1.86. The smallest absolute Gasteiger partial charge is 0.407 e. The van der Waals surface area contributed by atoms with E-state index in [0.717, 1.165) is 16.1 Å². The molecule has 28 heavy (non-hydrogen) atoms. The van der Waals surface area contributed by atoms with Crippen LogP contribution in [0.1, 0.15) is 16.7 Å². The van der Waals surface area contributed by atoms with Crippen molar-refractivity contribution in [2.24, 2.45) is 0 Å². The highest BCUT2D eigenvalue weighted by Crippen LogP contribution is 2.20. The molecule has 0 aliphatic heterocycles. The number of non-ortho nitro benzene ring substituents is 1. The molecule has 0 unspecified atom stereocenters. The van der Waals surface area contributed by atoms with Crippen molar-refractivity contribution >= 4 is 27.6 Å². The van der Waals surface area contributed by atoms with Crippen LogP contribution in [0.25, 0.3) is 0 Å². The van der Waals surface area contributed by atoms with Gasteiger partial charge in [0.1, 0.15) is 12.4 Å². The Morgan fingerprint density at radius 2 is 1.96 bits per heavy atom. The number of rotatable bonds is 7. The highest BCUT2D eigenvalue weighted by atomic mass is 32.2. The van der Waals surface area contributed by atoms with Gasteiger partial charge in [-0.3, -0.25) is 14.4 Å². The van der Waals surface area contributed by atoms with Gasteiger partial charge in [-0.15, -0.1) is 0 Å². The van der Waals surface area contributed by atoms with E-state index >= 15 is 0 Å². The summed E-state index contributed by atoms with van der Waals surface area (Å²) in [6.07, 6.45) is 1.88. The fourth-order valence-corrected chi connectivity index (χ4v) is 2.75. The first-order chi connectivity index (χ1) is 13.1. The maximum absolute atomic E-state index is 11.9. The van der Waals surface area contributed by atoms with Crippen LogP contribution in [-0.2, 0) is 27.9 Å². The van der Waals surface area contributed by atoms with Crippen molar-refractivity contribution in [1.29, 1.82) is 0 Å². The first kappa shape index (κ1) is 21.1. The minimum Gasteiger partial charge on any atom is -0.445 e. The van der Waals surface area contributed by atoms with Crippen molar-refractivity contribution < 1.29 is 22.9 Å². The summed E-state index contributed by atoms with van der Waals surface area (Å²) in [5.74, 6) is 0.212. The number of anilines is 1. The maximum Gasteiger partial charge on any atom is 0.407 e. The van der Waals surface area contributed by atoms with Gasteiger partial charge in [-0.2, -0.15) is 0 Å². The molecule has 11 heteroatoms. The van der Waals surface area contributed by atoms with E-state index in [-0.39, 0.29) is 24.7 Å². The average molecular weight is 408 g/mol. The minimum absolute atomic E-state index is 0.0168. The molecule has 1 aromatic carbocycles. The molecule has 2 rings (SSSR count). The number of aryl methyl sites for hydroxylation is 1. The highest BCUT2D eigenvalue weighted by Gasteiger charge is 2.18. The Morgan fingerprint density at radius 3 is 2.54 bits per heavy atom. The zero-order valence-electron chi connectivity index (χ0n) is 15.6. The Balaban J connectivity index is 1.99. The molecule has 10 nitrogen and oxygen atoms in total. The number of nitro benzene ring substituents is 1. The van der Waals surface area contributed by atoms with Crippen LogP contribution >= 0.6 is 0 Å². The number of benzene rings is 1. The van der Waals surface area contributed by atoms with Crippen molar-refractivity contribution in [2.45, 2.75) is 20.1 Å². The first-order valence-corrected chi connectivity index (χ1v) is 9.96. The third kappa shape index (κ3) is 5.64. The molecule has 150 valence electrons. The summed E-state index contributed by atoms with van der Waals surface area (Å²) < 4.78 is 29.6. The Bertz CT molecular complexity index is 976. The molecule has 0 fully saturated rings. The number of amides is 1. The fraction of sp³-hybridized carbons (Fsp3) is 0.294. The minimum atomic E-state index is -3.51. The monoisotopic (exact) mass is 408 g/mol. The molecular weight excluding hydrogens is 388 g/mol. The number of hydrogen-bond acceptors (Lipinski definition) is 7. The Morgan fingerprint density at radius 1 is 1.32 bits per heavy atom. The molecular formula is C17H20N4O6S. The van der Waals surface area contributed by atoms with Crippen molar-refractivity contribution in [3.05, 3.63) is 63.3 Å². The molecule has 1 heterocycles. The van der Waals surface area contributed by atoms with Gasteiger partial charge in [-0.1, -0.05) is 0 Å². The Hall–Kier alpha value is -3.21. The molecule has 0 spiro atoms. The third-order valence-electron chi connectivity index (χ3n) is 3.82. The van der Waals surface area contributed by atoms with E-state index in [0.29, 0.717) is 11.1 Å². The predicted octanol–water partition coefficient (Wildman–Crippen LogP) is 2.12. The molecule has 0 atom stereocenters. The molecule has 0 aliphatic carbocycles. The number of ether oxygens (including phenoxy) is 1. The number of carbonyl (C=O) groups excluding carboxylic acids is 1. The molecule has 1 aromatic heterocycles. The fourth-order valence-electron chi connectivity index (χ4n) is 2.27. The van der Waals surface area contributed by atoms with Crippen LogP contribution in [0.2, 0.25) is 0 Å². The number of nitrogens with zero attached hydrogens (tertiary/aromatic N) is 3. The van der Waals surface area contributed by atoms with E-state index in [2.05, 4.69) is 10.3 Å². The topological polar surface area (TPSA) is 132 Å². The summed E-state index contributed by atoms with van der Waals surface area (Å²) in [4.78, 5) is 26.2. The first-order valence-electron chi connectivity index (χ1n) is 8.11. The SMILES string of the molecule is Cc1cnc(N(C)S(C)(=O)=O)c(CNC(=O)OCc2ccc([N+](=O)[O-])cc2)c1. The van der Waals surface area contributed by atoms with Gasteiger partial charge < -0.3 is 10.1 Å². The standard InChI is InChI=1S/C17H20N4O6S/c1-12-8-14(16(18-9-12)20(2)28(3,25)26)10-19-17(22)27-11-13-4-6-15(7-5-13)21(23)24/h4-9H,10-11H2,1-3H3,(H,19,22). The maximum atomic E-state index is 11.9. The van der Waals surface area contributed by atoms with Crippen LogP contribution in [-0.4, -0.2) is 37.7 Å². The van der Waals surface area contributed by atoms with Crippen LogP contribution in [0, 0.1) is 17.0 Å². The van der Waals surface area contributed by atoms with E-state index in [9.17, 15) is 23.3 Å². The van der Waals surface area contributed by atoms with Gasteiger partial charge in [-0.25, -0.2) is 18.2 Å². The van der Waals surface area contributed by atoms with Gasteiger partial charge in [0.25, 0.3) is 5.69 Å². The second-order valence-electron chi connectivity index (χ2n) is 6.08. The van der Waals surface area contributed by atoms with E-state index in [1.165, 1.54) is 37.5 Å². The van der Waals surface area contributed by atoms with E-state index in [1.807, 2.05) is 0 Å². The molecule has 0 saturated carbocycles. The van der Waals surface area contributed by atoms with E-state index in [1.54, 1.807) is 13.0 Å². The summed E-state index contributed by atoms with van der Waals surface area (Å²) >= 11 is 0. The summed E-state index contributed by atoms with van der Waals surface area (Å²) in [6, 6.07) is 7.36. The number of hydrogen-bond donors (Lipinski definition) is 1. The van der Waals surface area contributed by atoms with Crippen LogP contribution in [0.4, 0.5) is 16.3 Å². The van der Waals surface area contributed by atoms with Gasteiger partial charge in [0.15, 0.2) is 0 Å². The molecule has 1 amide bonds. The number of carbonyl (C=O) groups is 1. The van der Waals surface area contributed by atoms with Gasteiger partial charge >= 0.3 is 6.09 Å². The van der Waals surface area contributed by atoms with Crippen LogP contribution in [0.3, 0.4) is 0 Å². The quantitative estimate of drug-likeness (QED) is 0.548. The lowest BCUT2D eigenvalue weighted by Gasteiger charge is -2.19. The molecule has 0 bridgehead atoms. The number of alkyl carbamates (subject to hydrolysis) is 1. The predicted molar refractivity (Wildman–Crippen MR) is 102 cm³/mol. The third-order valence-corrected chi connectivity index (χ3v) is 4.98. The number of nitrogens with one attached hydrogen (secondary N) is 1. The Kier molecular flexibility index (Phi) is 6.52. The number of pyridine rings is 1. The summed E-state index contributed by atoms with van der Waals surface area (Å²) in [7, 11) is -2.13. The normalized spacial score (nSPS) is 11.0. The molecule has 0 radical (unpaired) electrons. The molecule has 0 saturated heterocycles. The number of aromatic nitrogens is 1. The second kappa shape index (κ2) is 8.65. The zero-order valence-corrected chi connectivity index (χ0v) is 16.4. The summed E-state index contributed by atoms with van der Waals surface area (Å²) in [6.45, 7) is 1.75. The lowest BCUT2D eigenvalue weighted by Crippen LogP contribution is -2.29. The van der Waals surface area contributed by atoms with Crippen LogP contribution < -0.4 is 9.62 Å². The van der Waals surface area contributed by atoms with Crippen molar-refractivity contribution in [1.82, 2.24) is 10.3 Å². The number of sulfonamides is 1. The van der Waals surface area contributed by atoms with E-state index < -0.39 is 21.0 Å². The van der Waals surface area contributed by atoms with Gasteiger partial charge in [0.05, 0.1) is 11.2 Å². The zero-order chi connectivity index (χ0) is 20.9. The van der Waals surface area contributed by atoms with Crippen molar-refractivity contribution in [3.63, 3.8) is 0 Å². The van der Waals surface area contributed by atoms with Crippen molar-refractivity contribution in [2.75, 3.05) is 17.6 Å². The lowest BCUT2D eigenvalue weighted by atomic mass is 10.2. The average Bonchev–Trinajstić information content (AvgIpc) is 2.63. The highest BCUT2D eigenvalue weighted by molar-refractivity contribution is 7.92.